The number of aliphatic hydroxyl groups is 1. The maximum atomic E-state index is 11.9. The van der Waals surface area contributed by atoms with Crippen LogP contribution >= 0.6 is 0 Å². The van der Waals surface area contributed by atoms with Gasteiger partial charge in [-0.1, -0.05) is 51.9 Å². The lowest BCUT2D eigenvalue weighted by atomic mass is 9.88. The van der Waals surface area contributed by atoms with Crippen molar-refractivity contribution in [3.63, 3.8) is 0 Å². The fourth-order valence-corrected chi connectivity index (χ4v) is 3.72. The molecule has 0 aliphatic heterocycles. The van der Waals surface area contributed by atoms with Crippen LogP contribution in [0, 0.1) is 18.3 Å². The molecule has 0 aromatic heterocycles. The van der Waals surface area contributed by atoms with Gasteiger partial charge in [-0.2, -0.15) is 0 Å². The Labute approximate surface area is 154 Å². The summed E-state index contributed by atoms with van der Waals surface area (Å²) >= 11 is 0. The SMILES string of the molecule is C#C[C@](O)(CCCCC)CCC1CCC(OC(=O)CCCCCC)C1. The average Bonchev–Trinajstić information content (AvgIpc) is 3.05. The van der Waals surface area contributed by atoms with E-state index in [9.17, 15) is 9.90 Å². The standard InChI is InChI=1S/C22H38O3/c1-4-7-9-10-12-21(23)25-20-14-13-19(18-20)15-17-22(24,6-3)16-11-8-5-2/h3,19-20,24H,4-5,7-18H2,1-2H3/t19?,20?,22-/m0/s1. The quantitative estimate of drug-likeness (QED) is 0.275. The van der Waals surface area contributed by atoms with Crippen molar-refractivity contribution in [2.45, 2.75) is 115 Å². The molecule has 0 radical (unpaired) electrons. The van der Waals surface area contributed by atoms with Crippen molar-refractivity contribution in [1.29, 1.82) is 0 Å². The topological polar surface area (TPSA) is 46.5 Å². The molecule has 1 rings (SSSR count). The summed E-state index contributed by atoms with van der Waals surface area (Å²) in [6.45, 7) is 4.32. The molecule has 144 valence electrons. The van der Waals surface area contributed by atoms with Crippen molar-refractivity contribution in [2.75, 3.05) is 0 Å². The van der Waals surface area contributed by atoms with Crippen molar-refractivity contribution in [3.05, 3.63) is 0 Å². The number of carbonyl (C=O) groups is 1. The molecule has 25 heavy (non-hydrogen) atoms. The Morgan fingerprint density at radius 2 is 1.84 bits per heavy atom. The van der Waals surface area contributed by atoms with Crippen LogP contribution in [0.3, 0.4) is 0 Å². The summed E-state index contributed by atoms with van der Waals surface area (Å²) in [6.07, 6.45) is 19.1. The fraction of sp³-hybridized carbons (Fsp3) is 0.864. The van der Waals surface area contributed by atoms with E-state index in [0.717, 1.165) is 57.8 Å². The minimum absolute atomic E-state index is 0.0403. The van der Waals surface area contributed by atoms with Gasteiger partial charge in [-0.3, -0.25) is 4.79 Å². The second-order valence-corrected chi connectivity index (χ2v) is 7.77. The first-order valence-corrected chi connectivity index (χ1v) is 10.4. The Morgan fingerprint density at radius 1 is 1.12 bits per heavy atom. The van der Waals surface area contributed by atoms with Gasteiger partial charge in [-0.15, -0.1) is 6.42 Å². The monoisotopic (exact) mass is 350 g/mol. The highest BCUT2D eigenvalue weighted by Gasteiger charge is 2.30. The molecule has 0 aromatic carbocycles. The first-order valence-electron chi connectivity index (χ1n) is 10.4. The van der Waals surface area contributed by atoms with Gasteiger partial charge in [0, 0.05) is 6.42 Å². The molecule has 3 heteroatoms. The van der Waals surface area contributed by atoms with Gasteiger partial charge in [0.15, 0.2) is 0 Å². The van der Waals surface area contributed by atoms with E-state index in [4.69, 9.17) is 11.2 Å². The largest absolute Gasteiger partial charge is 0.462 e. The molecule has 1 aliphatic rings. The van der Waals surface area contributed by atoms with Crippen LogP contribution in [0.4, 0.5) is 0 Å². The van der Waals surface area contributed by atoms with E-state index < -0.39 is 5.60 Å². The zero-order chi connectivity index (χ0) is 18.5. The van der Waals surface area contributed by atoms with Crippen LogP contribution in [0.25, 0.3) is 0 Å². The van der Waals surface area contributed by atoms with E-state index in [1.807, 2.05) is 0 Å². The van der Waals surface area contributed by atoms with Crippen molar-refractivity contribution >= 4 is 5.97 Å². The van der Waals surface area contributed by atoms with Crippen molar-refractivity contribution < 1.29 is 14.6 Å². The van der Waals surface area contributed by atoms with Crippen LogP contribution in [0.2, 0.25) is 0 Å². The number of rotatable bonds is 13. The lowest BCUT2D eigenvalue weighted by molar-refractivity contribution is -0.149. The third kappa shape index (κ3) is 9.31. The Bertz CT molecular complexity index is 412. The van der Waals surface area contributed by atoms with Crippen molar-refractivity contribution in [3.8, 4) is 12.3 Å². The Kier molecular flexibility index (Phi) is 10.9. The molecule has 0 spiro atoms. The second-order valence-electron chi connectivity index (χ2n) is 7.77. The van der Waals surface area contributed by atoms with E-state index in [0.29, 0.717) is 25.2 Å². The zero-order valence-electron chi connectivity index (χ0n) is 16.4. The van der Waals surface area contributed by atoms with Crippen LogP contribution in [-0.2, 0) is 9.53 Å². The molecule has 0 aromatic rings. The zero-order valence-corrected chi connectivity index (χ0v) is 16.4. The Morgan fingerprint density at radius 3 is 2.52 bits per heavy atom. The predicted octanol–water partition coefficient (Wildman–Crippen LogP) is 5.39. The molecule has 3 nitrogen and oxygen atoms in total. The molecule has 1 N–H and O–H groups in total. The average molecular weight is 351 g/mol. The molecule has 1 saturated carbocycles. The summed E-state index contributed by atoms with van der Waals surface area (Å²) in [5.74, 6) is 3.09. The van der Waals surface area contributed by atoms with Gasteiger partial charge in [-0.25, -0.2) is 0 Å². The number of unbranched alkanes of at least 4 members (excludes halogenated alkanes) is 5. The van der Waals surface area contributed by atoms with Gasteiger partial charge in [-0.05, 0) is 57.3 Å². The summed E-state index contributed by atoms with van der Waals surface area (Å²) in [5.41, 5.74) is -0.955. The number of hydrogen-bond acceptors (Lipinski definition) is 3. The summed E-state index contributed by atoms with van der Waals surface area (Å²) in [5, 5.41) is 10.5. The Balaban J connectivity index is 2.23. The molecule has 3 atom stereocenters. The Hall–Kier alpha value is -1.01. The molecule has 0 amide bonds. The van der Waals surface area contributed by atoms with Gasteiger partial charge >= 0.3 is 5.97 Å². The van der Waals surface area contributed by atoms with E-state index in [1.54, 1.807) is 0 Å². The highest BCUT2D eigenvalue weighted by atomic mass is 16.5. The summed E-state index contributed by atoms with van der Waals surface area (Å²) in [6, 6.07) is 0. The number of terminal acetylenes is 1. The van der Waals surface area contributed by atoms with E-state index in [-0.39, 0.29) is 12.1 Å². The predicted molar refractivity (Wildman–Crippen MR) is 103 cm³/mol. The van der Waals surface area contributed by atoms with E-state index in [1.165, 1.54) is 12.8 Å². The minimum Gasteiger partial charge on any atom is -0.462 e. The summed E-state index contributed by atoms with van der Waals surface area (Å²) in [4.78, 5) is 11.9. The minimum atomic E-state index is -0.955. The highest BCUT2D eigenvalue weighted by molar-refractivity contribution is 5.69. The maximum absolute atomic E-state index is 11.9. The smallest absolute Gasteiger partial charge is 0.306 e. The molecule has 2 unspecified atom stereocenters. The molecule has 0 saturated heterocycles. The van der Waals surface area contributed by atoms with Crippen LogP contribution in [0.5, 0.6) is 0 Å². The van der Waals surface area contributed by atoms with Gasteiger partial charge in [0.25, 0.3) is 0 Å². The van der Waals surface area contributed by atoms with Gasteiger partial charge in [0.2, 0.25) is 0 Å². The lowest BCUT2D eigenvalue weighted by Gasteiger charge is -2.24. The normalized spacial score (nSPS) is 22.3. The molecule has 1 aliphatic carbocycles. The molecule has 0 bridgehead atoms. The van der Waals surface area contributed by atoms with Gasteiger partial charge in [0.1, 0.15) is 11.7 Å². The first kappa shape index (κ1) is 22.0. The van der Waals surface area contributed by atoms with E-state index in [2.05, 4.69) is 19.8 Å². The number of ether oxygens (including phenoxy) is 1. The fourth-order valence-electron chi connectivity index (χ4n) is 3.72. The van der Waals surface area contributed by atoms with Crippen LogP contribution in [0.15, 0.2) is 0 Å². The lowest BCUT2D eigenvalue weighted by Crippen LogP contribution is -2.27. The van der Waals surface area contributed by atoms with Crippen molar-refractivity contribution in [1.82, 2.24) is 0 Å². The summed E-state index contributed by atoms with van der Waals surface area (Å²) in [7, 11) is 0. The van der Waals surface area contributed by atoms with Crippen LogP contribution in [-0.4, -0.2) is 22.8 Å². The van der Waals surface area contributed by atoms with Crippen molar-refractivity contribution in [2.24, 2.45) is 5.92 Å². The van der Waals surface area contributed by atoms with Gasteiger partial charge < -0.3 is 9.84 Å². The molecular weight excluding hydrogens is 312 g/mol. The van der Waals surface area contributed by atoms with Gasteiger partial charge in [0.05, 0.1) is 0 Å². The van der Waals surface area contributed by atoms with Crippen LogP contribution < -0.4 is 0 Å². The number of esters is 1. The highest BCUT2D eigenvalue weighted by Crippen LogP contribution is 2.34. The third-order valence-electron chi connectivity index (χ3n) is 5.45. The summed E-state index contributed by atoms with van der Waals surface area (Å²) < 4.78 is 5.62. The third-order valence-corrected chi connectivity index (χ3v) is 5.45. The van der Waals surface area contributed by atoms with Crippen LogP contribution in [0.1, 0.15) is 104 Å². The molecular formula is C22H38O3. The number of carbonyl (C=O) groups excluding carboxylic acids is 1. The molecule has 1 fully saturated rings. The number of hydrogen-bond donors (Lipinski definition) is 1. The van der Waals surface area contributed by atoms with E-state index >= 15 is 0 Å². The first-order chi connectivity index (χ1) is 12.0. The second kappa shape index (κ2) is 12.4. The maximum Gasteiger partial charge on any atom is 0.306 e. The molecule has 0 heterocycles.